The summed E-state index contributed by atoms with van der Waals surface area (Å²) in [4.78, 5) is 0. The molecular weight excluding hydrogens is 382 g/mol. The summed E-state index contributed by atoms with van der Waals surface area (Å²) in [6.07, 6.45) is 0. The Hall–Kier alpha value is 0.144. The van der Waals surface area contributed by atoms with Crippen LogP contribution in [0, 0.1) is 0 Å². The van der Waals surface area contributed by atoms with Gasteiger partial charge in [-0.2, -0.15) is 0 Å². The Balaban J connectivity index is 2.67. The maximum Gasteiger partial charge on any atom is 0.485 e. The van der Waals surface area contributed by atoms with Crippen LogP contribution in [-0.2, 0) is 18.6 Å². The highest BCUT2D eigenvalue weighted by atomic mass is 28.3. The average molecular weight is 424 g/mol. The Bertz CT molecular complexity index is 570. The largest absolute Gasteiger partial charge is 0.485 e. The maximum atomic E-state index is 6.56. The molecule has 2 aliphatic heterocycles. The highest BCUT2D eigenvalue weighted by molar-refractivity contribution is 7.04. The van der Waals surface area contributed by atoms with Crippen LogP contribution < -0.4 is 0 Å². The molecular formula is C20H42B2O4Si2. The van der Waals surface area contributed by atoms with Crippen molar-refractivity contribution in [2.24, 2.45) is 0 Å². The number of rotatable bonds is 4. The van der Waals surface area contributed by atoms with E-state index in [-0.39, 0.29) is 36.6 Å². The minimum Gasteiger partial charge on any atom is -0.400 e. The number of hydrogen-bond donors (Lipinski definition) is 0. The first-order chi connectivity index (χ1) is 12.1. The van der Waals surface area contributed by atoms with Crippen molar-refractivity contribution in [3.05, 3.63) is 10.2 Å². The van der Waals surface area contributed by atoms with Crippen molar-refractivity contribution in [3.8, 4) is 0 Å². The van der Waals surface area contributed by atoms with Crippen LogP contribution in [-0.4, -0.2) is 52.8 Å². The van der Waals surface area contributed by atoms with Crippen molar-refractivity contribution in [1.82, 2.24) is 0 Å². The van der Waals surface area contributed by atoms with E-state index in [1.54, 1.807) is 0 Å². The molecule has 2 saturated heterocycles. The van der Waals surface area contributed by atoms with Crippen molar-refractivity contribution in [1.29, 1.82) is 0 Å². The Morgan fingerprint density at radius 1 is 0.464 bits per heavy atom. The summed E-state index contributed by atoms with van der Waals surface area (Å²) in [7, 11) is -4.28. The molecule has 0 amide bonds. The first-order valence-electron chi connectivity index (χ1n) is 10.6. The molecule has 0 N–H and O–H groups in total. The summed E-state index contributed by atoms with van der Waals surface area (Å²) < 4.78 is 26.2. The molecule has 0 spiro atoms. The van der Waals surface area contributed by atoms with E-state index < -0.39 is 16.1 Å². The molecule has 2 heterocycles. The summed E-state index contributed by atoms with van der Waals surface area (Å²) in [5.41, 5.74) is -1.43. The predicted molar refractivity (Wildman–Crippen MR) is 126 cm³/mol. The normalized spacial score (nSPS) is 27.2. The van der Waals surface area contributed by atoms with Gasteiger partial charge in [0.15, 0.2) is 0 Å². The standard InChI is InChI=1S/C20H42B2O4Si2/c1-17(2)18(3,4)24-21(23-17)15(27(9,10)11)16(28(12,13)14)22-25-19(5,6)20(7,8)26-22/h1-14H3. The van der Waals surface area contributed by atoms with Gasteiger partial charge in [-0.1, -0.05) is 49.5 Å². The predicted octanol–water partition coefficient (Wildman–Crippen LogP) is 5.30. The minimum absolute atomic E-state index is 0.336. The summed E-state index contributed by atoms with van der Waals surface area (Å²) in [5, 5.41) is 2.65. The molecule has 0 aromatic rings. The molecule has 160 valence electrons. The first kappa shape index (κ1) is 24.4. The van der Waals surface area contributed by atoms with Crippen LogP contribution in [0.5, 0.6) is 0 Å². The van der Waals surface area contributed by atoms with E-state index in [2.05, 4.69) is 94.7 Å². The summed E-state index contributed by atoms with van der Waals surface area (Å²) >= 11 is 0. The van der Waals surface area contributed by atoms with Gasteiger partial charge in [-0.3, -0.25) is 0 Å². The van der Waals surface area contributed by atoms with Gasteiger partial charge < -0.3 is 18.6 Å². The smallest absolute Gasteiger partial charge is 0.400 e. The molecule has 2 fully saturated rings. The van der Waals surface area contributed by atoms with E-state index in [0.29, 0.717) is 0 Å². The van der Waals surface area contributed by atoms with Gasteiger partial charge in [-0.25, -0.2) is 0 Å². The maximum absolute atomic E-state index is 6.56. The summed E-state index contributed by atoms with van der Waals surface area (Å²) in [5.74, 6) is 0. The first-order valence-corrected chi connectivity index (χ1v) is 17.6. The van der Waals surface area contributed by atoms with Gasteiger partial charge in [0, 0.05) is 0 Å². The zero-order chi connectivity index (χ0) is 22.1. The molecule has 0 atom stereocenters. The molecule has 0 unspecified atom stereocenters. The van der Waals surface area contributed by atoms with Gasteiger partial charge >= 0.3 is 14.2 Å². The fraction of sp³-hybridized carbons (Fsp3) is 0.900. The SMILES string of the molecule is CC1(C)OB(C(=C(B2OC(C)(C)C(C)(C)O2)[Si](C)(C)C)[Si](C)(C)C)OC1(C)C. The van der Waals surface area contributed by atoms with E-state index in [9.17, 15) is 0 Å². The molecule has 8 heteroatoms. The second-order valence-electron chi connectivity index (χ2n) is 12.5. The van der Waals surface area contributed by atoms with Gasteiger partial charge in [0.2, 0.25) is 0 Å². The second-order valence-corrected chi connectivity index (χ2v) is 22.6. The van der Waals surface area contributed by atoms with Gasteiger partial charge in [-0.15, -0.1) is 0 Å². The van der Waals surface area contributed by atoms with Crippen molar-refractivity contribution in [2.75, 3.05) is 0 Å². The molecule has 28 heavy (non-hydrogen) atoms. The lowest BCUT2D eigenvalue weighted by Crippen LogP contribution is -2.48. The third-order valence-electron chi connectivity index (χ3n) is 6.88. The lowest BCUT2D eigenvalue weighted by atomic mass is 9.78. The van der Waals surface area contributed by atoms with E-state index in [1.165, 1.54) is 10.2 Å². The Morgan fingerprint density at radius 3 is 0.786 bits per heavy atom. The molecule has 2 aliphatic rings. The van der Waals surface area contributed by atoms with E-state index >= 15 is 0 Å². The Labute approximate surface area is 176 Å². The molecule has 0 aliphatic carbocycles. The van der Waals surface area contributed by atoms with Gasteiger partial charge in [0.1, 0.15) is 0 Å². The summed E-state index contributed by atoms with van der Waals surface area (Å²) in [6.45, 7) is 31.2. The fourth-order valence-corrected chi connectivity index (χ4v) is 9.44. The van der Waals surface area contributed by atoms with Gasteiger partial charge in [0.05, 0.1) is 38.6 Å². The van der Waals surface area contributed by atoms with Gasteiger partial charge in [-0.05, 0) is 55.4 Å². The van der Waals surface area contributed by atoms with Crippen LogP contribution in [0.15, 0.2) is 10.2 Å². The Kier molecular flexibility index (Phi) is 5.95. The zero-order valence-electron chi connectivity index (χ0n) is 20.8. The molecule has 0 aromatic carbocycles. The van der Waals surface area contributed by atoms with E-state index in [1.807, 2.05) is 0 Å². The molecule has 0 radical (unpaired) electrons. The van der Waals surface area contributed by atoms with Crippen LogP contribution in [0.2, 0.25) is 39.3 Å². The van der Waals surface area contributed by atoms with Gasteiger partial charge in [0.25, 0.3) is 0 Å². The van der Waals surface area contributed by atoms with Crippen molar-refractivity contribution >= 4 is 30.4 Å². The van der Waals surface area contributed by atoms with Crippen LogP contribution in [0.4, 0.5) is 0 Å². The molecule has 0 aromatic heterocycles. The molecule has 2 rings (SSSR count). The third-order valence-corrected chi connectivity index (χ3v) is 11.4. The highest BCUT2D eigenvalue weighted by Crippen LogP contribution is 2.45. The monoisotopic (exact) mass is 424 g/mol. The topological polar surface area (TPSA) is 36.9 Å². The fourth-order valence-electron chi connectivity index (χ4n) is 3.69. The average Bonchev–Trinajstić information content (AvgIpc) is 2.71. The molecule has 0 saturated carbocycles. The van der Waals surface area contributed by atoms with Crippen molar-refractivity contribution in [2.45, 2.75) is 117 Å². The quantitative estimate of drug-likeness (QED) is 0.574. The Morgan fingerprint density at radius 2 is 0.643 bits per heavy atom. The minimum atomic E-state index is -1.81. The molecule has 0 bridgehead atoms. The van der Waals surface area contributed by atoms with Crippen LogP contribution in [0.1, 0.15) is 55.4 Å². The number of hydrogen-bond acceptors (Lipinski definition) is 4. The van der Waals surface area contributed by atoms with Crippen LogP contribution in [0.25, 0.3) is 0 Å². The zero-order valence-corrected chi connectivity index (χ0v) is 22.8. The van der Waals surface area contributed by atoms with E-state index in [0.717, 1.165) is 0 Å². The van der Waals surface area contributed by atoms with Crippen molar-refractivity contribution < 1.29 is 18.6 Å². The molecule has 4 nitrogen and oxygen atoms in total. The van der Waals surface area contributed by atoms with Crippen LogP contribution >= 0.6 is 0 Å². The third kappa shape index (κ3) is 4.28. The lowest BCUT2D eigenvalue weighted by molar-refractivity contribution is 0.00578. The second kappa shape index (κ2) is 6.82. The van der Waals surface area contributed by atoms with E-state index in [4.69, 9.17) is 18.6 Å². The van der Waals surface area contributed by atoms with Crippen LogP contribution in [0.3, 0.4) is 0 Å². The van der Waals surface area contributed by atoms with Crippen molar-refractivity contribution in [3.63, 3.8) is 0 Å². The highest BCUT2D eigenvalue weighted by Gasteiger charge is 2.59. The summed E-state index contributed by atoms with van der Waals surface area (Å²) in [6, 6.07) is 0. The lowest BCUT2D eigenvalue weighted by Gasteiger charge is -2.34.